The highest BCUT2D eigenvalue weighted by atomic mass is 79.9. The molecule has 11 heteroatoms. The van der Waals surface area contributed by atoms with Gasteiger partial charge in [0.2, 0.25) is 5.76 Å². The third-order valence-corrected chi connectivity index (χ3v) is 8.67. The van der Waals surface area contributed by atoms with E-state index in [0.29, 0.717) is 45.9 Å². The Balaban J connectivity index is 1.67. The van der Waals surface area contributed by atoms with Gasteiger partial charge in [-0.05, 0) is 84.7 Å². The Kier molecular flexibility index (Phi) is 8.33. The fourth-order valence-corrected chi connectivity index (χ4v) is 6.12. The topological polar surface area (TPSA) is 102 Å². The maximum atomic E-state index is 13.8. The molecule has 0 aliphatic heterocycles. The minimum Gasteiger partial charge on any atom is -0.467 e. The maximum Gasteiger partial charge on any atom is 0.374 e. The molecular weight excluding hydrogens is 584 g/mol. The second kappa shape index (κ2) is 11.3. The predicted octanol–water partition coefficient (Wildman–Crippen LogP) is 6.43. The molecule has 0 saturated carbocycles. The first-order valence-electron chi connectivity index (χ1n) is 11.6. The molecule has 196 valence electrons. The van der Waals surface area contributed by atoms with Gasteiger partial charge in [-0.15, -0.1) is 0 Å². The summed E-state index contributed by atoms with van der Waals surface area (Å²) >= 11 is 9.69. The molecule has 0 fully saturated rings. The summed E-state index contributed by atoms with van der Waals surface area (Å²) in [5, 5.41) is 4.30. The Morgan fingerprint density at radius 2 is 1.92 bits per heavy atom. The molecule has 0 spiro atoms. The zero-order valence-corrected chi connectivity index (χ0v) is 23.7. The fraction of sp³-hybridized carbons (Fsp3) is 0.269. The molecule has 2 aromatic heterocycles. The fourth-order valence-electron chi connectivity index (χ4n) is 4.05. The number of nitrogens with one attached hydrogen (secondary N) is 1. The summed E-state index contributed by atoms with van der Waals surface area (Å²) in [6.45, 7) is 6.37. The molecule has 1 N–H and O–H groups in total. The summed E-state index contributed by atoms with van der Waals surface area (Å²) in [4.78, 5) is 12.3. The van der Waals surface area contributed by atoms with E-state index >= 15 is 0 Å². The van der Waals surface area contributed by atoms with Crippen LogP contribution in [0.5, 0.6) is 0 Å². The van der Waals surface area contributed by atoms with E-state index in [2.05, 4.69) is 21.2 Å². The van der Waals surface area contributed by atoms with Crippen LogP contribution in [0.2, 0.25) is 5.02 Å². The normalized spacial score (nSPS) is 11.7. The number of nitrogens with zero attached hydrogens (tertiary/aromatic N) is 1. The van der Waals surface area contributed by atoms with Crippen LogP contribution < -0.4 is 9.62 Å². The lowest BCUT2D eigenvalue weighted by Gasteiger charge is -2.26. The lowest BCUT2D eigenvalue weighted by atomic mass is 10.1. The average Bonchev–Trinajstić information content (AvgIpc) is 3.43. The van der Waals surface area contributed by atoms with Crippen LogP contribution in [0.4, 0.5) is 5.69 Å². The Hall–Kier alpha value is -2.79. The van der Waals surface area contributed by atoms with E-state index in [-0.39, 0.29) is 23.8 Å². The lowest BCUT2D eigenvalue weighted by Crippen LogP contribution is -2.32. The third-order valence-electron chi connectivity index (χ3n) is 5.85. The van der Waals surface area contributed by atoms with Gasteiger partial charge in [0.05, 0.1) is 34.5 Å². The first kappa shape index (κ1) is 27.3. The van der Waals surface area contributed by atoms with Crippen molar-refractivity contribution in [2.24, 2.45) is 0 Å². The molecule has 2 aromatic carbocycles. The quantitative estimate of drug-likeness (QED) is 0.207. The van der Waals surface area contributed by atoms with E-state index in [9.17, 15) is 13.2 Å². The molecule has 8 nitrogen and oxygen atoms in total. The summed E-state index contributed by atoms with van der Waals surface area (Å²) in [6.07, 6.45) is 1.59. The summed E-state index contributed by atoms with van der Waals surface area (Å²) in [5.41, 5.74) is 2.15. The minimum atomic E-state index is -3.97. The number of aryl methyl sites for hydroxylation is 1. The molecule has 0 radical (unpaired) electrons. The molecule has 0 unspecified atom stereocenters. The van der Waals surface area contributed by atoms with Gasteiger partial charge in [-0.25, -0.2) is 13.2 Å². The van der Waals surface area contributed by atoms with Crippen molar-refractivity contribution >= 4 is 60.2 Å². The highest BCUT2D eigenvalue weighted by molar-refractivity contribution is 9.10. The van der Waals surface area contributed by atoms with Gasteiger partial charge >= 0.3 is 5.97 Å². The number of carbonyl (C=O) groups excluding carboxylic acids is 1. The van der Waals surface area contributed by atoms with Crippen LogP contribution in [0, 0.1) is 6.92 Å². The number of hydrogen-bond donors (Lipinski definition) is 1. The van der Waals surface area contributed by atoms with E-state index in [1.165, 1.54) is 16.4 Å². The van der Waals surface area contributed by atoms with Crippen molar-refractivity contribution in [2.45, 2.75) is 38.8 Å². The first-order chi connectivity index (χ1) is 17.7. The Morgan fingerprint density at radius 3 is 2.59 bits per heavy atom. The van der Waals surface area contributed by atoms with Gasteiger partial charge in [0.15, 0.2) is 0 Å². The summed E-state index contributed by atoms with van der Waals surface area (Å²) < 4.78 is 46.0. The number of furan rings is 2. The first-order valence-corrected chi connectivity index (χ1v) is 14.2. The van der Waals surface area contributed by atoms with Crippen LogP contribution in [-0.4, -0.2) is 27.5 Å². The second-order valence-corrected chi connectivity index (χ2v) is 11.3. The summed E-state index contributed by atoms with van der Waals surface area (Å²) in [5.74, 6) is 0.207. The number of fused-ring (bicyclic) bond motifs is 1. The Morgan fingerprint density at radius 1 is 1.14 bits per heavy atom. The molecule has 37 heavy (non-hydrogen) atoms. The standard InChI is InChI=1S/C26H26BrClN2O6S/c1-4-30(22-8-6-18(28)12-17(22)14-29-15-24-21(27)10-11-35-24)37(32,33)19-7-9-23-20(13-19)16(3)25(36-23)26(31)34-5-2/h6-13,29H,4-5,14-15H2,1-3H3. The number of sulfonamides is 1. The summed E-state index contributed by atoms with van der Waals surface area (Å²) in [6, 6.07) is 11.5. The maximum absolute atomic E-state index is 13.8. The highest BCUT2D eigenvalue weighted by Gasteiger charge is 2.27. The van der Waals surface area contributed by atoms with Crippen LogP contribution in [-0.2, 0) is 27.8 Å². The zero-order valence-electron chi connectivity index (χ0n) is 20.5. The molecule has 0 atom stereocenters. The van der Waals surface area contributed by atoms with E-state index in [4.69, 9.17) is 25.2 Å². The molecule has 0 saturated heterocycles. The smallest absolute Gasteiger partial charge is 0.374 e. The number of ether oxygens (including phenoxy) is 1. The second-order valence-electron chi connectivity index (χ2n) is 8.17. The van der Waals surface area contributed by atoms with Gasteiger partial charge in [0.25, 0.3) is 10.0 Å². The molecule has 0 amide bonds. The lowest BCUT2D eigenvalue weighted by molar-refractivity contribution is 0.0491. The van der Waals surface area contributed by atoms with Crippen molar-refractivity contribution < 1.29 is 26.8 Å². The van der Waals surface area contributed by atoms with Crippen LogP contribution in [0.15, 0.2) is 66.9 Å². The largest absolute Gasteiger partial charge is 0.467 e. The van der Waals surface area contributed by atoms with E-state index in [1.54, 1.807) is 51.3 Å². The molecular formula is C26H26BrClN2O6S. The van der Waals surface area contributed by atoms with Gasteiger partial charge in [0.1, 0.15) is 11.3 Å². The number of halogens is 2. The Labute approximate surface area is 228 Å². The van der Waals surface area contributed by atoms with Gasteiger partial charge in [-0.1, -0.05) is 11.6 Å². The van der Waals surface area contributed by atoms with Crippen molar-refractivity contribution in [3.8, 4) is 0 Å². The zero-order chi connectivity index (χ0) is 26.7. The van der Waals surface area contributed by atoms with E-state index in [1.807, 2.05) is 6.07 Å². The van der Waals surface area contributed by atoms with E-state index in [0.717, 1.165) is 10.2 Å². The molecule has 0 bridgehead atoms. The van der Waals surface area contributed by atoms with Crippen LogP contribution >= 0.6 is 27.5 Å². The van der Waals surface area contributed by atoms with Crippen LogP contribution in [0.3, 0.4) is 0 Å². The SMILES string of the molecule is CCOC(=O)c1oc2ccc(S(=O)(=O)N(CC)c3ccc(Cl)cc3CNCc3occc3Br)cc2c1C. The number of benzene rings is 2. The molecule has 2 heterocycles. The predicted molar refractivity (Wildman–Crippen MR) is 146 cm³/mol. The molecule has 4 rings (SSSR count). The third kappa shape index (κ3) is 5.57. The van der Waals surface area contributed by atoms with Crippen molar-refractivity contribution in [3.63, 3.8) is 0 Å². The van der Waals surface area contributed by atoms with Gasteiger partial charge < -0.3 is 18.9 Å². The molecule has 0 aliphatic rings. The molecule has 0 aliphatic carbocycles. The number of hydrogen-bond acceptors (Lipinski definition) is 7. The van der Waals surface area contributed by atoms with Crippen molar-refractivity contribution in [2.75, 3.05) is 17.5 Å². The summed E-state index contributed by atoms with van der Waals surface area (Å²) in [7, 11) is -3.97. The van der Waals surface area contributed by atoms with Crippen molar-refractivity contribution in [1.82, 2.24) is 5.32 Å². The van der Waals surface area contributed by atoms with Gasteiger partial charge in [-0.3, -0.25) is 4.31 Å². The number of rotatable bonds is 10. The monoisotopic (exact) mass is 608 g/mol. The van der Waals surface area contributed by atoms with E-state index < -0.39 is 16.0 Å². The average molecular weight is 610 g/mol. The Bertz CT molecular complexity index is 1550. The van der Waals surface area contributed by atoms with Crippen molar-refractivity contribution in [1.29, 1.82) is 0 Å². The number of esters is 1. The van der Waals surface area contributed by atoms with Crippen molar-refractivity contribution in [3.05, 3.63) is 80.9 Å². The number of anilines is 1. The van der Waals surface area contributed by atoms with Crippen LogP contribution in [0.1, 0.15) is 41.3 Å². The molecule has 4 aromatic rings. The minimum absolute atomic E-state index is 0.0630. The number of carbonyl (C=O) groups is 1. The van der Waals surface area contributed by atoms with Gasteiger partial charge in [-0.2, -0.15) is 0 Å². The van der Waals surface area contributed by atoms with Crippen LogP contribution in [0.25, 0.3) is 11.0 Å². The van der Waals surface area contributed by atoms with Gasteiger partial charge in [0, 0.05) is 29.1 Å². The highest BCUT2D eigenvalue weighted by Crippen LogP contribution is 2.33.